The van der Waals surface area contributed by atoms with Gasteiger partial charge in [0.15, 0.2) is 0 Å². The first-order valence-electron chi connectivity index (χ1n) is 6.56. The third kappa shape index (κ3) is 6.88. The number of hydrogen-bond donors (Lipinski definition) is 2. The van der Waals surface area contributed by atoms with Crippen molar-refractivity contribution in [3.63, 3.8) is 0 Å². The number of primary amides is 1. The normalized spacial score (nSPS) is 15.5. The van der Waals surface area contributed by atoms with E-state index in [-0.39, 0.29) is 25.2 Å². The van der Waals surface area contributed by atoms with E-state index in [1.54, 1.807) is 0 Å². The summed E-state index contributed by atoms with van der Waals surface area (Å²) in [5.41, 5.74) is 4.54. The molecule has 0 fully saturated rings. The fourth-order valence-corrected chi connectivity index (χ4v) is 1.56. The molecule has 3 N–H and O–H groups in total. The van der Waals surface area contributed by atoms with Crippen LogP contribution in [-0.4, -0.2) is 31.4 Å². The summed E-state index contributed by atoms with van der Waals surface area (Å²) in [5.74, 6) is 0.221. The minimum Gasteiger partial charge on any atom is -0.449 e. The van der Waals surface area contributed by atoms with Gasteiger partial charge in [0.2, 0.25) is 0 Å². The van der Waals surface area contributed by atoms with Crippen LogP contribution in [0.15, 0.2) is 0 Å². The lowest BCUT2D eigenvalue weighted by molar-refractivity contribution is 0.00533. The Balaban J connectivity index is 4.50. The van der Waals surface area contributed by atoms with Crippen molar-refractivity contribution in [2.45, 2.75) is 47.1 Å². The molecular formula is C13H26N2O4. The Morgan fingerprint density at radius 3 is 2.16 bits per heavy atom. The summed E-state index contributed by atoms with van der Waals surface area (Å²) in [4.78, 5) is 22.2. The molecule has 6 heteroatoms. The van der Waals surface area contributed by atoms with Crippen molar-refractivity contribution in [3.05, 3.63) is 0 Å². The SMILES string of the molecule is CC[C@H](C)[C@@](C)(COC(N)=O)COC(=O)NC(C)C. The zero-order valence-electron chi connectivity index (χ0n) is 12.5. The average molecular weight is 274 g/mol. The van der Waals surface area contributed by atoms with E-state index in [9.17, 15) is 9.59 Å². The molecule has 0 aromatic heterocycles. The Morgan fingerprint density at radius 1 is 1.21 bits per heavy atom. The van der Waals surface area contributed by atoms with Gasteiger partial charge in [-0.15, -0.1) is 0 Å². The Morgan fingerprint density at radius 2 is 1.74 bits per heavy atom. The minimum atomic E-state index is -0.818. The molecular weight excluding hydrogens is 248 g/mol. The van der Waals surface area contributed by atoms with Crippen molar-refractivity contribution in [2.24, 2.45) is 17.1 Å². The molecule has 0 aromatic rings. The number of carbonyl (C=O) groups is 2. The average Bonchev–Trinajstić information content (AvgIpc) is 2.32. The maximum absolute atomic E-state index is 11.5. The van der Waals surface area contributed by atoms with Crippen LogP contribution < -0.4 is 11.1 Å². The van der Waals surface area contributed by atoms with Gasteiger partial charge in [0.25, 0.3) is 0 Å². The van der Waals surface area contributed by atoms with E-state index >= 15 is 0 Å². The minimum absolute atomic E-state index is 0.0178. The summed E-state index contributed by atoms with van der Waals surface area (Å²) in [6.45, 7) is 9.97. The number of carbonyl (C=O) groups excluding carboxylic acids is 2. The summed E-state index contributed by atoms with van der Waals surface area (Å²) in [7, 11) is 0. The predicted octanol–water partition coefficient (Wildman–Crippen LogP) is 2.27. The number of nitrogens with one attached hydrogen (secondary N) is 1. The van der Waals surface area contributed by atoms with Crippen LogP contribution in [0.2, 0.25) is 0 Å². The Kier molecular flexibility index (Phi) is 7.26. The summed E-state index contributed by atoms with van der Waals surface area (Å²) in [6, 6.07) is 0.0178. The van der Waals surface area contributed by atoms with Crippen molar-refractivity contribution in [2.75, 3.05) is 13.2 Å². The van der Waals surface area contributed by atoms with Crippen molar-refractivity contribution in [1.82, 2.24) is 5.32 Å². The molecule has 2 atom stereocenters. The van der Waals surface area contributed by atoms with E-state index in [0.29, 0.717) is 0 Å². The monoisotopic (exact) mass is 274 g/mol. The van der Waals surface area contributed by atoms with E-state index in [1.807, 2.05) is 34.6 Å². The van der Waals surface area contributed by atoms with Gasteiger partial charge in [0.1, 0.15) is 13.2 Å². The highest BCUT2D eigenvalue weighted by Gasteiger charge is 2.33. The summed E-state index contributed by atoms with van der Waals surface area (Å²) >= 11 is 0. The summed E-state index contributed by atoms with van der Waals surface area (Å²) < 4.78 is 10.1. The molecule has 2 amide bonds. The van der Waals surface area contributed by atoms with Crippen LogP contribution in [-0.2, 0) is 9.47 Å². The second-order valence-corrected chi connectivity index (χ2v) is 5.45. The fourth-order valence-electron chi connectivity index (χ4n) is 1.56. The van der Waals surface area contributed by atoms with Gasteiger partial charge in [-0.2, -0.15) is 0 Å². The maximum atomic E-state index is 11.5. The number of rotatable bonds is 7. The van der Waals surface area contributed by atoms with Gasteiger partial charge in [-0.1, -0.05) is 27.2 Å². The van der Waals surface area contributed by atoms with Crippen molar-refractivity contribution < 1.29 is 19.1 Å². The van der Waals surface area contributed by atoms with Gasteiger partial charge in [0, 0.05) is 11.5 Å². The zero-order chi connectivity index (χ0) is 15.1. The Labute approximate surface area is 115 Å². The molecule has 0 heterocycles. The van der Waals surface area contributed by atoms with Gasteiger partial charge >= 0.3 is 12.2 Å². The lowest BCUT2D eigenvalue weighted by Gasteiger charge is -2.33. The molecule has 0 rings (SSSR count). The Hall–Kier alpha value is -1.46. The molecule has 0 aliphatic heterocycles. The molecule has 6 nitrogen and oxygen atoms in total. The number of alkyl carbamates (subject to hydrolysis) is 1. The molecule has 0 spiro atoms. The van der Waals surface area contributed by atoms with Crippen LogP contribution in [0.5, 0.6) is 0 Å². The van der Waals surface area contributed by atoms with Gasteiger partial charge in [-0.25, -0.2) is 9.59 Å². The first-order valence-corrected chi connectivity index (χ1v) is 6.56. The number of hydrogen-bond acceptors (Lipinski definition) is 4. The highest BCUT2D eigenvalue weighted by Crippen LogP contribution is 2.30. The highest BCUT2D eigenvalue weighted by molar-refractivity contribution is 5.67. The molecule has 0 radical (unpaired) electrons. The lowest BCUT2D eigenvalue weighted by Crippen LogP contribution is -2.40. The fraction of sp³-hybridized carbons (Fsp3) is 0.846. The van der Waals surface area contributed by atoms with Crippen LogP contribution in [0.1, 0.15) is 41.0 Å². The second-order valence-electron chi connectivity index (χ2n) is 5.45. The van der Waals surface area contributed by atoms with Gasteiger partial charge < -0.3 is 20.5 Å². The number of ether oxygens (including phenoxy) is 2. The van der Waals surface area contributed by atoms with Crippen LogP contribution in [0, 0.1) is 11.3 Å². The smallest absolute Gasteiger partial charge is 0.407 e. The van der Waals surface area contributed by atoms with Crippen molar-refractivity contribution in [1.29, 1.82) is 0 Å². The molecule has 0 saturated carbocycles. The van der Waals surface area contributed by atoms with Gasteiger partial charge in [0.05, 0.1) is 0 Å². The van der Waals surface area contributed by atoms with Crippen LogP contribution in [0.25, 0.3) is 0 Å². The van der Waals surface area contributed by atoms with E-state index in [0.717, 1.165) is 6.42 Å². The summed E-state index contributed by atoms with van der Waals surface area (Å²) in [6.07, 6.45) is -0.405. The molecule has 0 aromatic carbocycles. The third-order valence-electron chi connectivity index (χ3n) is 3.29. The zero-order valence-corrected chi connectivity index (χ0v) is 12.5. The van der Waals surface area contributed by atoms with Crippen LogP contribution in [0.4, 0.5) is 9.59 Å². The van der Waals surface area contributed by atoms with Crippen molar-refractivity contribution >= 4 is 12.2 Å². The molecule has 0 aliphatic carbocycles. The van der Waals surface area contributed by atoms with E-state index in [4.69, 9.17) is 15.2 Å². The first kappa shape index (κ1) is 17.5. The number of amides is 2. The molecule has 0 bridgehead atoms. The second kappa shape index (κ2) is 7.86. The highest BCUT2D eigenvalue weighted by atomic mass is 16.6. The van der Waals surface area contributed by atoms with Crippen molar-refractivity contribution in [3.8, 4) is 0 Å². The van der Waals surface area contributed by atoms with Crippen LogP contribution in [0.3, 0.4) is 0 Å². The molecule has 19 heavy (non-hydrogen) atoms. The third-order valence-corrected chi connectivity index (χ3v) is 3.29. The van der Waals surface area contributed by atoms with E-state index in [1.165, 1.54) is 0 Å². The topological polar surface area (TPSA) is 90.7 Å². The Bertz CT molecular complexity index is 307. The van der Waals surface area contributed by atoms with Gasteiger partial charge in [-0.3, -0.25) is 0 Å². The maximum Gasteiger partial charge on any atom is 0.407 e. The van der Waals surface area contributed by atoms with E-state index in [2.05, 4.69) is 5.32 Å². The molecule has 0 saturated heterocycles. The largest absolute Gasteiger partial charge is 0.449 e. The molecule has 112 valence electrons. The van der Waals surface area contributed by atoms with Gasteiger partial charge in [-0.05, 0) is 19.8 Å². The molecule has 0 unspecified atom stereocenters. The molecule has 0 aliphatic rings. The first-order chi connectivity index (χ1) is 8.71. The number of nitrogens with two attached hydrogens (primary N) is 1. The van der Waals surface area contributed by atoms with E-state index < -0.39 is 17.6 Å². The quantitative estimate of drug-likeness (QED) is 0.745. The standard InChI is InChI=1S/C13H26N2O4/c1-6-10(4)13(5,7-18-11(14)16)8-19-12(17)15-9(2)3/h9-10H,6-8H2,1-5H3,(H2,14,16)(H,15,17)/t10-,13-/m0/s1. The predicted molar refractivity (Wildman–Crippen MR) is 72.7 cm³/mol. The lowest BCUT2D eigenvalue weighted by atomic mass is 9.78. The summed E-state index contributed by atoms with van der Waals surface area (Å²) in [5, 5.41) is 2.64. The van der Waals surface area contributed by atoms with Crippen LogP contribution >= 0.6 is 0 Å².